The molecule has 8 nitrogen and oxygen atoms in total. The van der Waals surface area contributed by atoms with Crippen LogP contribution in [0.4, 0.5) is 0 Å². The highest BCUT2D eigenvalue weighted by atomic mass is 28.3. The zero-order valence-electron chi connectivity index (χ0n) is 15.4. The summed E-state index contributed by atoms with van der Waals surface area (Å²) in [4.78, 5) is 15.3. The Morgan fingerprint density at radius 2 is 1.62 bits per heavy atom. The molecular weight excluding hydrogens is 354 g/mol. The van der Waals surface area contributed by atoms with Crippen LogP contribution in [-0.4, -0.2) is 77.8 Å². The average molecular weight is 382 g/mol. The van der Waals surface area contributed by atoms with Crippen LogP contribution >= 0.6 is 0 Å². The van der Waals surface area contributed by atoms with Gasteiger partial charge in [-0.25, -0.2) is 0 Å². The summed E-state index contributed by atoms with van der Waals surface area (Å²) in [7, 11) is -1.55. The number of hydrogen-bond donors (Lipinski definition) is 5. The van der Waals surface area contributed by atoms with Crippen LogP contribution in [0.1, 0.15) is 11.1 Å². The Balaban J connectivity index is 0.000000541. The number of pyridine rings is 1. The highest BCUT2D eigenvalue weighted by Crippen LogP contribution is 2.16. The fraction of sp³-hybridized carbons (Fsp3) is 0.529. The van der Waals surface area contributed by atoms with Crippen molar-refractivity contribution in [3.63, 3.8) is 0 Å². The first-order valence-corrected chi connectivity index (χ1v) is 11.6. The molecule has 0 aliphatic heterocycles. The van der Waals surface area contributed by atoms with Crippen molar-refractivity contribution in [2.24, 2.45) is 0 Å². The molecule has 0 unspecified atom stereocenters. The van der Waals surface area contributed by atoms with Crippen LogP contribution in [0.25, 0.3) is 0 Å². The Labute approximate surface area is 154 Å². The number of aromatic hydroxyl groups is 1. The number of aliphatic hydroxyl groups is 3. The van der Waals surface area contributed by atoms with E-state index in [0.717, 1.165) is 0 Å². The van der Waals surface area contributed by atoms with Gasteiger partial charge in [0.05, 0.1) is 25.4 Å². The topological polar surface area (TPSA) is 141 Å². The Morgan fingerprint density at radius 3 is 2.00 bits per heavy atom. The fourth-order valence-corrected chi connectivity index (χ4v) is 2.24. The second-order valence-corrected chi connectivity index (χ2v) is 11.1. The van der Waals surface area contributed by atoms with Crippen molar-refractivity contribution in [1.82, 2.24) is 9.88 Å². The lowest BCUT2D eigenvalue weighted by molar-refractivity contribution is 0.136. The van der Waals surface area contributed by atoms with Crippen LogP contribution in [0.3, 0.4) is 0 Å². The molecule has 0 saturated carbocycles. The third-order valence-electron chi connectivity index (χ3n) is 3.00. The van der Waals surface area contributed by atoms with Crippen molar-refractivity contribution >= 4 is 8.07 Å². The number of rotatable bonds is 6. The molecule has 0 aliphatic rings. The maximum Gasteiger partial charge on any atom is 0.269 e. The van der Waals surface area contributed by atoms with Crippen LogP contribution in [0.5, 0.6) is 5.75 Å². The molecule has 1 aromatic rings. The van der Waals surface area contributed by atoms with Crippen LogP contribution in [0.2, 0.25) is 19.6 Å². The summed E-state index contributed by atoms with van der Waals surface area (Å²) in [5.41, 5.74) is 2.45. The van der Waals surface area contributed by atoms with Crippen LogP contribution < -0.4 is 5.56 Å². The number of H-pyrrole nitrogens is 1. The van der Waals surface area contributed by atoms with E-state index >= 15 is 0 Å². The lowest BCUT2D eigenvalue weighted by atomic mass is 10.2. The fourth-order valence-electron chi connectivity index (χ4n) is 1.73. The quantitative estimate of drug-likeness (QED) is 0.329. The van der Waals surface area contributed by atoms with Gasteiger partial charge in [0.2, 0.25) is 0 Å². The number of nitriles is 1. The summed E-state index contributed by atoms with van der Waals surface area (Å²) in [5.74, 6) is 2.46. The van der Waals surface area contributed by atoms with E-state index < -0.39 is 13.6 Å². The highest BCUT2D eigenvalue weighted by molar-refractivity contribution is 6.83. The SMILES string of the molecule is C[Si](C)(C)C#Cc1c[nH]c(=O)c(C#N)c1O.OCCN(CCO)CCO. The van der Waals surface area contributed by atoms with Crippen molar-refractivity contribution in [1.29, 1.82) is 5.26 Å². The second kappa shape index (κ2) is 12.2. The minimum atomic E-state index is -1.55. The van der Waals surface area contributed by atoms with Gasteiger partial charge in [0, 0.05) is 25.8 Å². The standard InChI is InChI=1S/C11H12N2O2Si.C6H15NO3/c1-16(2,3)5-4-8-7-13-11(15)9(6-12)10(8)14;8-4-1-7(2-5-9)3-6-10/h7H,1-3H3,(H2,13,14,15);8-10H,1-6H2. The molecule has 5 N–H and O–H groups in total. The third kappa shape index (κ3) is 9.37. The molecule has 1 rings (SSSR count). The summed E-state index contributed by atoms with van der Waals surface area (Å²) in [6, 6.07) is 1.65. The molecule has 0 aromatic carbocycles. The lowest BCUT2D eigenvalue weighted by Crippen LogP contribution is -2.32. The Bertz CT molecular complexity index is 696. The third-order valence-corrected chi connectivity index (χ3v) is 3.87. The minimum absolute atomic E-state index is 0.0694. The second-order valence-electron chi connectivity index (χ2n) is 6.38. The van der Waals surface area contributed by atoms with Gasteiger partial charge in [-0.05, 0) is 0 Å². The Hall–Kier alpha value is -2.14. The average Bonchev–Trinajstić information content (AvgIpc) is 2.55. The van der Waals surface area contributed by atoms with E-state index in [1.165, 1.54) is 6.20 Å². The van der Waals surface area contributed by atoms with E-state index in [1.807, 2.05) is 0 Å². The first-order chi connectivity index (χ1) is 12.2. The normalized spacial score (nSPS) is 10.4. The predicted octanol–water partition coefficient (Wildman–Crippen LogP) is -0.554. The molecular formula is C17H27N3O5Si. The zero-order valence-corrected chi connectivity index (χ0v) is 16.4. The van der Waals surface area contributed by atoms with Gasteiger partial charge in [-0.15, -0.1) is 5.54 Å². The molecule has 0 saturated heterocycles. The summed E-state index contributed by atoms with van der Waals surface area (Å²) < 4.78 is 0. The summed E-state index contributed by atoms with van der Waals surface area (Å²) >= 11 is 0. The molecule has 1 aromatic heterocycles. The van der Waals surface area contributed by atoms with Crippen molar-refractivity contribution in [3.8, 4) is 23.3 Å². The maximum absolute atomic E-state index is 11.1. The maximum atomic E-state index is 11.1. The number of hydrogen-bond acceptors (Lipinski definition) is 7. The van der Waals surface area contributed by atoms with Crippen LogP contribution in [0, 0.1) is 22.8 Å². The molecule has 0 atom stereocenters. The van der Waals surface area contributed by atoms with Gasteiger partial charge >= 0.3 is 0 Å². The van der Waals surface area contributed by atoms with E-state index in [4.69, 9.17) is 20.6 Å². The van der Waals surface area contributed by atoms with Gasteiger partial charge in [0.25, 0.3) is 5.56 Å². The monoisotopic (exact) mass is 381 g/mol. The van der Waals surface area contributed by atoms with Gasteiger partial charge in [0.15, 0.2) is 11.3 Å². The van der Waals surface area contributed by atoms with E-state index in [-0.39, 0.29) is 31.1 Å². The summed E-state index contributed by atoms with van der Waals surface area (Å²) in [5, 5.41) is 43.8. The van der Waals surface area contributed by atoms with Crippen molar-refractivity contribution in [2.75, 3.05) is 39.5 Å². The van der Waals surface area contributed by atoms with Crippen molar-refractivity contribution in [3.05, 3.63) is 27.7 Å². The molecule has 144 valence electrons. The number of aromatic nitrogens is 1. The molecule has 9 heteroatoms. The van der Waals surface area contributed by atoms with Gasteiger partial charge in [-0.2, -0.15) is 5.26 Å². The lowest BCUT2D eigenvalue weighted by Gasteiger charge is -2.17. The Morgan fingerprint density at radius 1 is 1.12 bits per heavy atom. The number of nitrogens with one attached hydrogen (secondary N) is 1. The summed E-state index contributed by atoms with van der Waals surface area (Å²) in [6.07, 6.45) is 1.33. The zero-order chi connectivity index (χ0) is 20.2. The molecule has 1 heterocycles. The smallest absolute Gasteiger partial charge is 0.269 e. The minimum Gasteiger partial charge on any atom is -0.505 e. The molecule has 0 spiro atoms. The number of aliphatic hydroxyl groups excluding tert-OH is 3. The van der Waals surface area contributed by atoms with Gasteiger partial charge in [-0.3, -0.25) is 9.69 Å². The molecule has 0 fully saturated rings. The van der Waals surface area contributed by atoms with E-state index in [1.54, 1.807) is 11.0 Å². The molecule has 0 aliphatic carbocycles. The Kier molecular flexibility index (Phi) is 11.2. The summed E-state index contributed by atoms with van der Waals surface area (Å²) in [6.45, 7) is 7.94. The molecule has 26 heavy (non-hydrogen) atoms. The largest absolute Gasteiger partial charge is 0.505 e. The number of aromatic amines is 1. The highest BCUT2D eigenvalue weighted by Gasteiger charge is 2.11. The molecule has 0 radical (unpaired) electrons. The van der Waals surface area contributed by atoms with E-state index in [0.29, 0.717) is 25.2 Å². The number of nitrogens with zero attached hydrogens (tertiary/aromatic N) is 2. The van der Waals surface area contributed by atoms with Gasteiger partial charge in [0.1, 0.15) is 14.1 Å². The molecule has 0 bridgehead atoms. The first kappa shape index (κ1) is 23.9. The van der Waals surface area contributed by atoms with Crippen LogP contribution in [-0.2, 0) is 0 Å². The van der Waals surface area contributed by atoms with Crippen molar-refractivity contribution in [2.45, 2.75) is 19.6 Å². The van der Waals surface area contributed by atoms with Gasteiger partial charge in [-0.1, -0.05) is 25.6 Å². The van der Waals surface area contributed by atoms with E-state index in [9.17, 15) is 9.90 Å². The van der Waals surface area contributed by atoms with E-state index in [2.05, 4.69) is 36.1 Å². The van der Waals surface area contributed by atoms with Crippen LogP contribution in [0.15, 0.2) is 11.0 Å². The predicted molar refractivity (Wildman–Crippen MR) is 101 cm³/mol. The molecule has 0 amide bonds. The van der Waals surface area contributed by atoms with Gasteiger partial charge < -0.3 is 25.4 Å². The first-order valence-electron chi connectivity index (χ1n) is 8.13. The van der Waals surface area contributed by atoms with Crippen molar-refractivity contribution < 1.29 is 20.4 Å².